The van der Waals surface area contributed by atoms with Gasteiger partial charge in [-0.05, 0) is 44.2 Å². The van der Waals surface area contributed by atoms with Crippen LogP contribution >= 0.6 is 12.4 Å². The maximum atomic E-state index is 12.9. The van der Waals surface area contributed by atoms with Crippen molar-refractivity contribution in [2.45, 2.75) is 32.6 Å². The van der Waals surface area contributed by atoms with Gasteiger partial charge in [0.1, 0.15) is 0 Å². The van der Waals surface area contributed by atoms with E-state index in [0.717, 1.165) is 45.3 Å². The molecule has 0 radical (unpaired) electrons. The fourth-order valence-corrected chi connectivity index (χ4v) is 4.64. The van der Waals surface area contributed by atoms with E-state index in [-0.39, 0.29) is 48.1 Å². The number of aliphatic hydroxyl groups excluding tert-OH is 1. The minimum absolute atomic E-state index is 0. The molecule has 0 bridgehead atoms. The van der Waals surface area contributed by atoms with Crippen LogP contribution in [0.3, 0.4) is 0 Å². The summed E-state index contributed by atoms with van der Waals surface area (Å²) in [6.45, 7) is 6.61. The largest absolute Gasteiger partial charge is 0.396 e. The van der Waals surface area contributed by atoms with Gasteiger partial charge in [-0.3, -0.25) is 9.59 Å². The number of amides is 2. The lowest BCUT2D eigenvalue weighted by Crippen LogP contribution is -2.45. The van der Waals surface area contributed by atoms with Gasteiger partial charge in [-0.15, -0.1) is 12.4 Å². The van der Waals surface area contributed by atoms with Crippen LogP contribution in [0.5, 0.6) is 0 Å². The Bertz CT molecular complexity index is 460. The molecule has 3 fully saturated rings. The molecule has 2 N–H and O–H groups in total. The monoisotopic (exact) mass is 359 g/mol. The van der Waals surface area contributed by atoms with Crippen LogP contribution in [-0.4, -0.2) is 72.6 Å². The molecule has 1 unspecified atom stereocenters. The van der Waals surface area contributed by atoms with E-state index < -0.39 is 0 Å². The van der Waals surface area contributed by atoms with Gasteiger partial charge in [-0.25, -0.2) is 0 Å². The Morgan fingerprint density at radius 2 is 1.79 bits per heavy atom. The molecule has 138 valence electrons. The fraction of sp³-hybridized carbons (Fsp3) is 0.882. The van der Waals surface area contributed by atoms with E-state index >= 15 is 0 Å². The molecule has 2 amide bonds. The highest BCUT2D eigenvalue weighted by molar-refractivity contribution is 5.85. The van der Waals surface area contributed by atoms with E-state index in [2.05, 4.69) is 5.32 Å². The number of halogens is 1. The van der Waals surface area contributed by atoms with Gasteiger partial charge in [0.15, 0.2) is 0 Å². The Balaban J connectivity index is 0.00000208. The van der Waals surface area contributed by atoms with Crippen molar-refractivity contribution in [3.8, 4) is 0 Å². The number of hydrogen-bond acceptors (Lipinski definition) is 4. The highest BCUT2D eigenvalue weighted by atomic mass is 35.5. The average Bonchev–Trinajstić information content (AvgIpc) is 2.93. The number of carbonyl (C=O) groups is 2. The summed E-state index contributed by atoms with van der Waals surface area (Å²) in [5, 5.41) is 13.2. The summed E-state index contributed by atoms with van der Waals surface area (Å²) in [4.78, 5) is 28.1. The smallest absolute Gasteiger partial charge is 0.225 e. The summed E-state index contributed by atoms with van der Waals surface area (Å²) in [5.41, 5.74) is 0.107. The van der Waals surface area contributed by atoms with Crippen LogP contribution < -0.4 is 5.32 Å². The number of nitrogens with zero attached hydrogens (tertiary/aromatic N) is 2. The normalized spacial score (nSPS) is 27.2. The Hall–Kier alpha value is -0.850. The molecule has 3 rings (SSSR count). The van der Waals surface area contributed by atoms with Crippen LogP contribution in [0.15, 0.2) is 0 Å². The lowest BCUT2D eigenvalue weighted by molar-refractivity contribution is -0.139. The molecule has 3 heterocycles. The maximum absolute atomic E-state index is 12.9. The first-order valence-corrected chi connectivity index (χ1v) is 8.91. The van der Waals surface area contributed by atoms with Crippen LogP contribution in [0.1, 0.15) is 32.6 Å². The van der Waals surface area contributed by atoms with Gasteiger partial charge in [0.25, 0.3) is 0 Å². The van der Waals surface area contributed by atoms with Gasteiger partial charge in [0.2, 0.25) is 11.8 Å². The fourth-order valence-electron chi connectivity index (χ4n) is 4.64. The summed E-state index contributed by atoms with van der Waals surface area (Å²) in [6.07, 6.45) is 3.64. The van der Waals surface area contributed by atoms with Crippen LogP contribution in [0.4, 0.5) is 0 Å². The first kappa shape index (κ1) is 19.5. The molecule has 0 aromatic rings. The second kappa shape index (κ2) is 8.02. The van der Waals surface area contributed by atoms with E-state index in [9.17, 15) is 14.7 Å². The predicted octanol–water partition coefficient (Wildman–Crippen LogP) is 0.487. The summed E-state index contributed by atoms with van der Waals surface area (Å²) >= 11 is 0. The van der Waals surface area contributed by atoms with Crippen molar-refractivity contribution in [1.82, 2.24) is 15.1 Å². The molecule has 7 heteroatoms. The summed E-state index contributed by atoms with van der Waals surface area (Å²) < 4.78 is 0. The zero-order valence-corrected chi connectivity index (χ0v) is 15.3. The molecule has 0 aromatic carbocycles. The summed E-state index contributed by atoms with van der Waals surface area (Å²) in [7, 11) is 0. The van der Waals surface area contributed by atoms with Crippen molar-refractivity contribution in [2.24, 2.45) is 17.3 Å². The number of hydrogen-bond donors (Lipinski definition) is 2. The van der Waals surface area contributed by atoms with Gasteiger partial charge in [0, 0.05) is 51.5 Å². The summed E-state index contributed by atoms with van der Waals surface area (Å²) in [6, 6.07) is 0. The number of rotatable bonds is 2. The molecule has 1 atom stereocenters. The number of carbonyl (C=O) groups excluding carboxylic acids is 2. The second-order valence-electron chi connectivity index (χ2n) is 7.49. The molecule has 24 heavy (non-hydrogen) atoms. The van der Waals surface area contributed by atoms with E-state index in [1.807, 2.05) is 9.80 Å². The van der Waals surface area contributed by atoms with Crippen LogP contribution in [0, 0.1) is 17.3 Å². The van der Waals surface area contributed by atoms with E-state index in [4.69, 9.17) is 0 Å². The van der Waals surface area contributed by atoms with Crippen LogP contribution in [0.2, 0.25) is 0 Å². The third-order valence-corrected chi connectivity index (χ3v) is 6.23. The van der Waals surface area contributed by atoms with Crippen molar-refractivity contribution in [3.63, 3.8) is 0 Å². The second-order valence-corrected chi connectivity index (χ2v) is 7.49. The van der Waals surface area contributed by atoms with Crippen molar-refractivity contribution >= 4 is 24.2 Å². The topological polar surface area (TPSA) is 72.9 Å². The van der Waals surface area contributed by atoms with Crippen LogP contribution in [-0.2, 0) is 9.59 Å². The van der Waals surface area contributed by atoms with Crippen molar-refractivity contribution < 1.29 is 14.7 Å². The molecule has 3 aliphatic rings. The predicted molar refractivity (Wildman–Crippen MR) is 93.9 cm³/mol. The Labute approximate surface area is 150 Å². The van der Waals surface area contributed by atoms with E-state index in [0.29, 0.717) is 19.6 Å². The molecule has 0 aliphatic carbocycles. The standard InChI is InChI=1S/C17H29N3O3.ClH/c1-13(22)19-8-2-14(3-9-19)16(23)20-10-15(11-21)17(12-20)4-6-18-7-5-17;/h14-15,18,21H,2-12H2,1H3;1H. The molecule has 1 spiro atoms. The molecule has 3 saturated heterocycles. The first-order chi connectivity index (χ1) is 11.1. The Morgan fingerprint density at radius 1 is 1.17 bits per heavy atom. The van der Waals surface area contributed by atoms with E-state index in [1.165, 1.54) is 0 Å². The molecular weight excluding hydrogens is 330 g/mol. The van der Waals surface area contributed by atoms with Gasteiger partial charge in [-0.2, -0.15) is 0 Å². The minimum atomic E-state index is 0. The number of aliphatic hydroxyl groups is 1. The number of piperidine rings is 2. The molecule has 3 aliphatic heterocycles. The van der Waals surface area contributed by atoms with Gasteiger partial charge >= 0.3 is 0 Å². The quantitative estimate of drug-likeness (QED) is 0.752. The maximum Gasteiger partial charge on any atom is 0.225 e. The minimum Gasteiger partial charge on any atom is -0.396 e. The lowest BCUT2D eigenvalue weighted by atomic mass is 9.71. The molecular formula is C17H30ClN3O3. The highest BCUT2D eigenvalue weighted by Gasteiger charge is 2.48. The van der Waals surface area contributed by atoms with Crippen LogP contribution in [0.25, 0.3) is 0 Å². The van der Waals surface area contributed by atoms with Gasteiger partial charge in [0.05, 0.1) is 0 Å². The van der Waals surface area contributed by atoms with Gasteiger partial charge in [-0.1, -0.05) is 0 Å². The third kappa shape index (κ3) is 3.70. The highest BCUT2D eigenvalue weighted by Crippen LogP contribution is 2.43. The number of nitrogens with one attached hydrogen (secondary N) is 1. The van der Waals surface area contributed by atoms with Crippen molar-refractivity contribution in [1.29, 1.82) is 0 Å². The van der Waals surface area contributed by atoms with Crippen molar-refractivity contribution in [3.05, 3.63) is 0 Å². The SMILES string of the molecule is CC(=O)N1CCC(C(=O)N2CC(CO)C3(CCNCC3)C2)CC1.Cl. The zero-order chi connectivity index (χ0) is 16.4. The Kier molecular flexibility index (Phi) is 6.51. The van der Waals surface area contributed by atoms with Gasteiger partial charge < -0.3 is 20.2 Å². The lowest BCUT2D eigenvalue weighted by Gasteiger charge is -2.38. The zero-order valence-electron chi connectivity index (χ0n) is 14.5. The average molecular weight is 360 g/mol. The molecule has 6 nitrogen and oxygen atoms in total. The Morgan fingerprint density at radius 3 is 2.33 bits per heavy atom. The van der Waals surface area contributed by atoms with E-state index in [1.54, 1.807) is 6.92 Å². The third-order valence-electron chi connectivity index (χ3n) is 6.23. The summed E-state index contributed by atoms with van der Waals surface area (Å²) in [5.74, 6) is 0.598. The van der Waals surface area contributed by atoms with Crippen molar-refractivity contribution in [2.75, 3.05) is 45.9 Å². The molecule has 0 aromatic heterocycles. The number of likely N-dealkylation sites (tertiary alicyclic amines) is 2. The first-order valence-electron chi connectivity index (χ1n) is 8.91. The molecule has 0 saturated carbocycles.